The molecule has 2 aliphatic rings. The zero-order valence-corrected chi connectivity index (χ0v) is 25.3. The van der Waals surface area contributed by atoms with Crippen LogP contribution in [0.4, 0.5) is 5.69 Å². The standard InChI is InChI=1S/C37H34BNO2S/c1-35(2,40)36(3,4)41-38-24-18-21-28-27(22-24)34-26(23-16-19-25(39)20-17-23)10-9-13-31(34)37(28)29-11-5-7-14-32(29)42-33-15-8-6-12-30(33)37/h5-22,38,40H,39H2,1-4H3. The zero-order valence-electron chi connectivity index (χ0n) is 24.4. The van der Waals surface area contributed by atoms with Gasteiger partial charge in [0.2, 0.25) is 0 Å². The molecule has 1 aliphatic heterocycles. The summed E-state index contributed by atoms with van der Waals surface area (Å²) in [6.07, 6.45) is 0. The Kier molecular flexibility index (Phi) is 6.21. The van der Waals surface area contributed by atoms with Gasteiger partial charge in [0.1, 0.15) is 0 Å². The Hall–Kier alpha value is -3.77. The summed E-state index contributed by atoms with van der Waals surface area (Å²) < 4.78 is 6.34. The van der Waals surface area contributed by atoms with Crippen LogP contribution in [-0.4, -0.2) is 23.8 Å². The Bertz CT molecular complexity index is 1790. The third kappa shape index (κ3) is 3.99. The average molecular weight is 568 g/mol. The Labute approximate surface area is 253 Å². The molecule has 1 spiro atoms. The first kappa shape index (κ1) is 27.1. The molecule has 0 unspecified atom stereocenters. The summed E-state index contributed by atoms with van der Waals surface area (Å²) in [5.74, 6) is 0. The SMILES string of the molecule is CC(C)(O)C(C)(C)OBc1ccc2c(c1)-c1c(-c3ccc(N)cc3)cccc1C21c2ccccc2Sc2ccccc21. The highest BCUT2D eigenvalue weighted by atomic mass is 32.2. The minimum atomic E-state index is -0.976. The molecule has 5 heteroatoms. The molecule has 208 valence electrons. The number of anilines is 1. The molecule has 0 saturated carbocycles. The van der Waals surface area contributed by atoms with Crippen LogP contribution in [0.1, 0.15) is 49.9 Å². The van der Waals surface area contributed by atoms with E-state index in [0.29, 0.717) is 7.48 Å². The van der Waals surface area contributed by atoms with Crippen molar-refractivity contribution < 1.29 is 9.76 Å². The molecule has 5 aromatic rings. The van der Waals surface area contributed by atoms with E-state index in [0.717, 1.165) is 16.7 Å². The fraction of sp³-hybridized carbons (Fsp3) is 0.189. The second-order valence-corrected chi connectivity index (χ2v) is 13.5. The molecule has 7 rings (SSSR count). The number of rotatable bonds is 5. The third-order valence-corrected chi connectivity index (χ3v) is 10.5. The summed E-state index contributed by atoms with van der Waals surface area (Å²) in [7, 11) is 0.402. The van der Waals surface area contributed by atoms with E-state index in [9.17, 15) is 5.11 Å². The molecule has 42 heavy (non-hydrogen) atoms. The van der Waals surface area contributed by atoms with Crippen molar-refractivity contribution in [2.75, 3.05) is 5.73 Å². The van der Waals surface area contributed by atoms with Gasteiger partial charge in [0.05, 0.1) is 16.6 Å². The van der Waals surface area contributed by atoms with Crippen molar-refractivity contribution in [3.8, 4) is 22.3 Å². The van der Waals surface area contributed by atoms with Crippen LogP contribution in [0.5, 0.6) is 0 Å². The maximum absolute atomic E-state index is 10.7. The summed E-state index contributed by atoms with van der Waals surface area (Å²) in [6, 6.07) is 39.4. The predicted molar refractivity (Wildman–Crippen MR) is 176 cm³/mol. The molecule has 0 bridgehead atoms. The van der Waals surface area contributed by atoms with Gasteiger partial charge in [-0.25, -0.2) is 0 Å². The number of benzene rings is 5. The van der Waals surface area contributed by atoms with E-state index in [1.165, 1.54) is 48.7 Å². The molecule has 3 nitrogen and oxygen atoms in total. The van der Waals surface area contributed by atoms with Gasteiger partial charge < -0.3 is 15.5 Å². The van der Waals surface area contributed by atoms with E-state index < -0.39 is 16.6 Å². The summed E-state index contributed by atoms with van der Waals surface area (Å²) in [6.45, 7) is 7.48. The van der Waals surface area contributed by atoms with Crippen LogP contribution in [0.15, 0.2) is 119 Å². The lowest BCUT2D eigenvalue weighted by molar-refractivity contribution is -0.0893. The van der Waals surface area contributed by atoms with E-state index in [-0.39, 0.29) is 0 Å². The molecule has 3 N–H and O–H groups in total. The van der Waals surface area contributed by atoms with E-state index >= 15 is 0 Å². The second-order valence-electron chi connectivity index (χ2n) is 12.4. The van der Waals surface area contributed by atoms with Gasteiger partial charge in [-0.1, -0.05) is 102 Å². The minimum Gasteiger partial charge on any atom is -0.427 e. The van der Waals surface area contributed by atoms with Gasteiger partial charge in [-0.15, -0.1) is 0 Å². The van der Waals surface area contributed by atoms with Crippen LogP contribution in [0.3, 0.4) is 0 Å². The van der Waals surface area contributed by atoms with Gasteiger partial charge in [0.15, 0.2) is 0 Å². The summed E-state index contributed by atoms with van der Waals surface area (Å²) in [5, 5.41) is 10.7. The fourth-order valence-corrected chi connectivity index (χ4v) is 7.63. The lowest BCUT2D eigenvalue weighted by atomic mass is 9.67. The quantitative estimate of drug-likeness (QED) is 0.169. The monoisotopic (exact) mass is 567 g/mol. The number of hydrogen-bond donors (Lipinski definition) is 2. The first-order chi connectivity index (χ1) is 20.1. The van der Waals surface area contributed by atoms with Crippen LogP contribution < -0.4 is 11.2 Å². The Morgan fingerprint density at radius 2 is 1.31 bits per heavy atom. The molecule has 1 heterocycles. The molecule has 0 fully saturated rings. The topological polar surface area (TPSA) is 55.5 Å². The maximum atomic E-state index is 10.7. The van der Waals surface area contributed by atoms with Gasteiger partial charge >= 0.3 is 7.48 Å². The number of hydrogen-bond acceptors (Lipinski definition) is 4. The van der Waals surface area contributed by atoms with Gasteiger partial charge in [-0.3, -0.25) is 0 Å². The van der Waals surface area contributed by atoms with Crippen LogP contribution in [0.25, 0.3) is 22.3 Å². The van der Waals surface area contributed by atoms with Gasteiger partial charge in [-0.05, 0) is 96.5 Å². The summed E-state index contributed by atoms with van der Waals surface area (Å²) in [5.41, 5.74) is 15.8. The Balaban J connectivity index is 1.51. The number of nitrogens with two attached hydrogens (primary N) is 1. The summed E-state index contributed by atoms with van der Waals surface area (Å²) in [4.78, 5) is 2.57. The third-order valence-electron chi connectivity index (χ3n) is 9.32. The van der Waals surface area contributed by atoms with Crippen molar-refractivity contribution in [1.29, 1.82) is 0 Å². The molecule has 0 amide bonds. The van der Waals surface area contributed by atoms with Gasteiger partial charge in [0, 0.05) is 15.5 Å². The number of aliphatic hydroxyl groups is 1. The molecular weight excluding hydrogens is 533 g/mol. The fourth-order valence-electron chi connectivity index (χ4n) is 6.43. The van der Waals surface area contributed by atoms with E-state index in [4.69, 9.17) is 10.4 Å². The van der Waals surface area contributed by atoms with Crippen molar-refractivity contribution in [2.45, 2.75) is 54.1 Å². The molecule has 1 aliphatic carbocycles. The van der Waals surface area contributed by atoms with E-state index in [1.807, 2.05) is 37.7 Å². The van der Waals surface area contributed by atoms with Gasteiger partial charge in [-0.2, -0.15) is 0 Å². The van der Waals surface area contributed by atoms with Gasteiger partial charge in [0.25, 0.3) is 0 Å². The van der Waals surface area contributed by atoms with Crippen LogP contribution >= 0.6 is 11.8 Å². The smallest absolute Gasteiger partial charge is 0.309 e. The van der Waals surface area contributed by atoms with Crippen LogP contribution in [0, 0.1) is 0 Å². The Morgan fingerprint density at radius 1 is 0.690 bits per heavy atom. The molecule has 5 aromatic carbocycles. The largest absolute Gasteiger partial charge is 0.427 e. The molecule has 0 atom stereocenters. The number of nitrogen functional groups attached to an aromatic ring is 1. The first-order valence-corrected chi connectivity index (χ1v) is 15.3. The predicted octanol–water partition coefficient (Wildman–Crippen LogP) is 7.31. The van der Waals surface area contributed by atoms with Crippen molar-refractivity contribution >= 4 is 30.4 Å². The first-order valence-electron chi connectivity index (χ1n) is 14.5. The van der Waals surface area contributed by atoms with Crippen molar-refractivity contribution in [2.24, 2.45) is 0 Å². The highest BCUT2D eigenvalue weighted by molar-refractivity contribution is 7.99. The van der Waals surface area contributed by atoms with Crippen molar-refractivity contribution in [3.63, 3.8) is 0 Å². The van der Waals surface area contributed by atoms with Crippen molar-refractivity contribution in [3.05, 3.63) is 131 Å². The van der Waals surface area contributed by atoms with E-state index in [2.05, 4.69) is 97.1 Å². The minimum absolute atomic E-state index is 0.402. The molecule has 0 saturated heterocycles. The van der Waals surface area contributed by atoms with Crippen molar-refractivity contribution in [1.82, 2.24) is 0 Å². The highest BCUT2D eigenvalue weighted by Gasteiger charge is 2.50. The zero-order chi connectivity index (χ0) is 29.3. The molecule has 0 radical (unpaired) electrons. The van der Waals surface area contributed by atoms with Crippen LogP contribution in [0.2, 0.25) is 0 Å². The highest BCUT2D eigenvalue weighted by Crippen LogP contribution is 2.63. The van der Waals surface area contributed by atoms with E-state index in [1.54, 1.807) is 13.8 Å². The number of fused-ring (bicyclic) bond motifs is 9. The summed E-state index contributed by atoms with van der Waals surface area (Å²) >= 11 is 1.85. The molecular formula is C37H34BNO2S. The normalized spacial score (nSPS) is 14.6. The second kappa shape index (κ2) is 9.63. The Morgan fingerprint density at radius 3 is 1.95 bits per heavy atom. The lowest BCUT2D eigenvalue weighted by Gasteiger charge is -2.39. The molecule has 0 aromatic heterocycles. The maximum Gasteiger partial charge on any atom is 0.309 e. The lowest BCUT2D eigenvalue weighted by Crippen LogP contribution is -2.49. The van der Waals surface area contributed by atoms with Crippen LogP contribution in [-0.2, 0) is 10.1 Å². The average Bonchev–Trinajstić information content (AvgIpc) is 3.27.